The van der Waals surface area contributed by atoms with Crippen molar-refractivity contribution in [2.75, 3.05) is 33.3 Å². The van der Waals surface area contributed by atoms with Gasteiger partial charge >= 0.3 is 0 Å². The molecule has 6 heteroatoms. The third-order valence-corrected chi connectivity index (χ3v) is 7.91. The zero-order valence-corrected chi connectivity index (χ0v) is 24.0. The number of hydrogen-bond acceptors (Lipinski definition) is 4. The van der Waals surface area contributed by atoms with E-state index in [1.165, 1.54) is 11.1 Å². The number of methoxy groups -OCH3 is 1. The lowest BCUT2D eigenvalue weighted by molar-refractivity contribution is 0.0195. The normalized spacial score (nSPS) is 19.2. The minimum atomic E-state index is 0.000299. The van der Waals surface area contributed by atoms with Crippen LogP contribution in [0.5, 0.6) is 5.75 Å². The van der Waals surface area contributed by atoms with E-state index in [4.69, 9.17) is 16.3 Å². The van der Waals surface area contributed by atoms with Crippen LogP contribution >= 0.6 is 11.6 Å². The summed E-state index contributed by atoms with van der Waals surface area (Å²) in [7, 11) is 1.71. The SMILES string of the molecule is CCN(CC)C(=O)c1cccc(C(c2cccc(OC)c2)N2C[C@@H](C)N(Cc3cccc(Cl)c3)C[C@H]2C)c1. The van der Waals surface area contributed by atoms with E-state index in [1.54, 1.807) is 7.11 Å². The zero-order chi connectivity index (χ0) is 27.2. The molecule has 5 nitrogen and oxygen atoms in total. The van der Waals surface area contributed by atoms with E-state index in [2.05, 4.69) is 66.1 Å². The number of carbonyl (C=O) groups is 1. The van der Waals surface area contributed by atoms with E-state index in [-0.39, 0.29) is 11.9 Å². The minimum Gasteiger partial charge on any atom is -0.497 e. The quantitative estimate of drug-likeness (QED) is 0.314. The van der Waals surface area contributed by atoms with Gasteiger partial charge in [0.1, 0.15) is 5.75 Å². The standard InChI is InChI=1S/C32H40ClN3O2/c1-6-34(7-2)32(37)28-14-9-12-26(18-28)31(27-13-10-16-30(19-27)38-5)36-21-23(3)35(20-24(36)4)22-25-11-8-15-29(33)17-25/h8-19,23-24,31H,6-7,20-22H2,1-5H3/t23-,24-,31?/m1/s1. The maximum atomic E-state index is 13.2. The van der Waals surface area contributed by atoms with Gasteiger partial charge in [-0.2, -0.15) is 0 Å². The molecule has 1 unspecified atom stereocenters. The summed E-state index contributed by atoms with van der Waals surface area (Å²) in [5, 5.41) is 0.777. The van der Waals surface area contributed by atoms with E-state index in [9.17, 15) is 4.79 Å². The third kappa shape index (κ3) is 6.40. The van der Waals surface area contributed by atoms with Crippen LogP contribution < -0.4 is 4.74 Å². The number of nitrogens with zero attached hydrogens (tertiary/aromatic N) is 3. The Balaban J connectivity index is 1.67. The summed E-state index contributed by atoms with van der Waals surface area (Å²) in [4.78, 5) is 20.2. The Kier molecular flexibility index (Phi) is 9.48. The fourth-order valence-electron chi connectivity index (χ4n) is 5.60. The number of hydrogen-bond donors (Lipinski definition) is 0. The molecule has 38 heavy (non-hydrogen) atoms. The van der Waals surface area contributed by atoms with E-state index >= 15 is 0 Å². The van der Waals surface area contributed by atoms with Crippen LogP contribution in [-0.2, 0) is 6.54 Å². The number of amides is 1. The Morgan fingerprint density at radius 3 is 2.32 bits per heavy atom. The van der Waals surface area contributed by atoms with Gasteiger partial charge in [0.15, 0.2) is 0 Å². The van der Waals surface area contributed by atoms with Crippen molar-refractivity contribution in [3.8, 4) is 5.75 Å². The molecular formula is C32H40ClN3O2. The topological polar surface area (TPSA) is 36.0 Å². The molecule has 4 rings (SSSR count). The molecule has 1 fully saturated rings. The largest absolute Gasteiger partial charge is 0.497 e. The van der Waals surface area contributed by atoms with Crippen molar-refractivity contribution in [2.24, 2.45) is 0 Å². The maximum absolute atomic E-state index is 13.2. The Morgan fingerprint density at radius 1 is 0.947 bits per heavy atom. The molecule has 3 aromatic rings. The smallest absolute Gasteiger partial charge is 0.253 e. The molecule has 0 bridgehead atoms. The van der Waals surface area contributed by atoms with Gasteiger partial charge in [-0.15, -0.1) is 0 Å². The molecule has 202 valence electrons. The predicted octanol–water partition coefficient (Wildman–Crippen LogP) is 6.51. The summed E-state index contributed by atoms with van der Waals surface area (Å²) in [5.74, 6) is 0.914. The highest BCUT2D eigenvalue weighted by atomic mass is 35.5. The zero-order valence-electron chi connectivity index (χ0n) is 23.2. The van der Waals surface area contributed by atoms with Crippen molar-refractivity contribution >= 4 is 17.5 Å². The second kappa shape index (κ2) is 12.8. The number of rotatable bonds is 9. The number of halogens is 1. The number of piperazine rings is 1. The van der Waals surface area contributed by atoms with Crippen molar-refractivity contribution in [3.05, 3.63) is 100 Å². The Morgan fingerprint density at radius 2 is 1.63 bits per heavy atom. The van der Waals surface area contributed by atoms with Crippen LogP contribution in [-0.4, -0.2) is 66.0 Å². The van der Waals surface area contributed by atoms with Gasteiger partial charge in [-0.05, 0) is 80.8 Å². The lowest BCUT2D eigenvalue weighted by atomic mass is 9.92. The number of ether oxygens (including phenoxy) is 1. The van der Waals surface area contributed by atoms with Crippen LogP contribution in [0.3, 0.4) is 0 Å². The lowest BCUT2D eigenvalue weighted by Crippen LogP contribution is -2.56. The molecule has 0 saturated carbocycles. The molecule has 3 aromatic carbocycles. The van der Waals surface area contributed by atoms with E-state index in [1.807, 2.05) is 49.1 Å². The maximum Gasteiger partial charge on any atom is 0.253 e. The van der Waals surface area contributed by atoms with Crippen LogP contribution in [0.15, 0.2) is 72.8 Å². The first kappa shape index (κ1) is 28.2. The molecule has 0 aliphatic carbocycles. The highest BCUT2D eigenvalue weighted by Crippen LogP contribution is 2.35. The average Bonchev–Trinajstić information content (AvgIpc) is 2.92. The fraction of sp³-hybridized carbons (Fsp3) is 0.406. The van der Waals surface area contributed by atoms with Gasteiger partial charge in [-0.25, -0.2) is 0 Å². The molecule has 0 N–H and O–H groups in total. The molecular weight excluding hydrogens is 494 g/mol. The van der Waals surface area contributed by atoms with E-state index in [0.717, 1.165) is 41.5 Å². The molecule has 3 atom stereocenters. The van der Waals surface area contributed by atoms with Crippen LogP contribution in [0.4, 0.5) is 0 Å². The van der Waals surface area contributed by atoms with Crippen LogP contribution in [0.2, 0.25) is 5.02 Å². The Labute approximate surface area is 233 Å². The van der Waals surface area contributed by atoms with E-state index < -0.39 is 0 Å². The van der Waals surface area contributed by atoms with Gasteiger partial charge in [0.25, 0.3) is 5.91 Å². The number of benzene rings is 3. The third-order valence-electron chi connectivity index (χ3n) is 7.68. The summed E-state index contributed by atoms with van der Waals surface area (Å²) >= 11 is 6.26. The van der Waals surface area contributed by atoms with Crippen molar-refractivity contribution in [3.63, 3.8) is 0 Å². The van der Waals surface area contributed by atoms with Crippen molar-refractivity contribution in [1.29, 1.82) is 0 Å². The molecule has 0 aromatic heterocycles. The summed E-state index contributed by atoms with van der Waals surface area (Å²) in [6, 6.07) is 25.3. The summed E-state index contributed by atoms with van der Waals surface area (Å²) in [6.07, 6.45) is 0. The summed E-state index contributed by atoms with van der Waals surface area (Å²) in [6.45, 7) is 12.7. The molecule has 0 radical (unpaired) electrons. The summed E-state index contributed by atoms with van der Waals surface area (Å²) in [5.41, 5.74) is 4.26. The minimum absolute atomic E-state index is 0.000299. The second-order valence-electron chi connectivity index (χ2n) is 10.2. The first-order valence-corrected chi connectivity index (χ1v) is 14.0. The molecule has 1 saturated heterocycles. The first-order chi connectivity index (χ1) is 18.3. The molecule has 1 aliphatic heterocycles. The Bertz CT molecular complexity index is 1230. The molecule has 1 amide bonds. The van der Waals surface area contributed by atoms with Gasteiger partial charge < -0.3 is 9.64 Å². The lowest BCUT2D eigenvalue weighted by Gasteiger charge is -2.48. The van der Waals surface area contributed by atoms with Crippen molar-refractivity contribution in [1.82, 2.24) is 14.7 Å². The van der Waals surface area contributed by atoms with Crippen molar-refractivity contribution < 1.29 is 9.53 Å². The predicted molar refractivity (Wildman–Crippen MR) is 156 cm³/mol. The summed E-state index contributed by atoms with van der Waals surface area (Å²) < 4.78 is 5.59. The van der Waals surface area contributed by atoms with Gasteiger partial charge in [0.2, 0.25) is 0 Å². The first-order valence-electron chi connectivity index (χ1n) is 13.6. The van der Waals surface area contributed by atoms with Crippen molar-refractivity contribution in [2.45, 2.75) is 52.4 Å². The van der Waals surface area contributed by atoms with Crippen LogP contribution in [0.25, 0.3) is 0 Å². The highest BCUT2D eigenvalue weighted by Gasteiger charge is 2.35. The monoisotopic (exact) mass is 533 g/mol. The molecule has 1 heterocycles. The second-order valence-corrected chi connectivity index (χ2v) is 10.7. The van der Waals surface area contributed by atoms with Gasteiger partial charge in [0.05, 0.1) is 13.2 Å². The molecule has 1 aliphatic rings. The molecule has 0 spiro atoms. The fourth-order valence-corrected chi connectivity index (χ4v) is 5.81. The van der Waals surface area contributed by atoms with Gasteiger partial charge in [-0.3, -0.25) is 14.6 Å². The van der Waals surface area contributed by atoms with E-state index in [0.29, 0.717) is 25.2 Å². The van der Waals surface area contributed by atoms with Gasteiger partial charge in [0, 0.05) is 55.4 Å². The van der Waals surface area contributed by atoms with Gasteiger partial charge in [-0.1, -0.05) is 48.0 Å². The number of carbonyl (C=O) groups excluding carboxylic acids is 1. The average molecular weight is 534 g/mol. The van der Waals surface area contributed by atoms with Crippen LogP contribution in [0.1, 0.15) is 60.8 Å². The Hall–Kier alpha value is -2.86. The van der Waals surface area contributed by atoms with Crippen LogP contribution in [0, 0.1) is 0 Å². The highest BCUT2D eigenvalue weighted by molar-refractivity contribution is 6.30.